The van der Waals surface area contributed by atoms with Gasteiger partial charge in [-0.1, -0.05) is 0 Å². The van der Waals surface area contributed by atoms with Crippen molar-refractivity contribution in [2.24, 2.45) is 7.05 Å². The van der Waals surface area contributed by atoms with Crippen LogP contribution >= 0.6 is 0 Å². The van der Waals surface area contributed by atoms with Crippen molar-refractivity contribution in [2.75, 3.05) is 0 Å². The molecule has 9 nitrogen and oxygen atoms in total. The zero-order valence-electron chi connectivity index (χ0n) is 11.6. The van der Waals surface area contributed by atoms with E-state index in [1.807, 2.05) is 4.72 Å². The van der Waals surface area contributed by atoms with Crippen molar-refractivity contribution in [3.63, 3.8) is 0 Å². The number of carboxylic acid groups (broad SMARTS) is 2. The van der Waals surface area contributed by atoms with Gasteiger partial charge < -0.3 is 14.8 Å². The van der Waals surface area contributed by atoms with Crippen molar-refractivity contribution >= 4 is 22.0 Å². The molecule has 1 atom stereocenters. The van der Waals surface area contributed by atoms with Crippen LogP contribution in [-0.4, -0.2) is 46.2 Å². The van der Waals surface area contributed by atoms with Crippen LogP contribution in [0.4, 0.5) is 0 Å². The largest absolute Gasteiger partial charge is 0.481 e. The van der Waals surface area contributed by atoms with Crippen LogP contribution in [-0.2, 0) is 26.7 Å². The number of imidazole rings is 1. The molecule has 118 valence electrons. The van der Waals surface area contributed by atoms with Crippen molar-refractivity contribution in [2.45, 2.75) is 37.3 Å². The van der Waals surface area contributed by atoms with E-state index < -0.39 is 28.0 Å². The zero-order chi connectivity index (χ0) is 16.2. The van der Waals surface area contributed by atoms with Crippen LogP contribution in [0.1, 0.15) is 25.1 Å². The zero-order valence-corrected chi connectivity index (χ0v) is 12.4. The van der Waals surface area contributed by atoms with Crippen molar-refractivity contribution in [1.82, 2.24) is 14.3 Å². The van der Waals surface area contributed by atoms with E-state index >= 15 is 0 Å². The Morgan fingerprint density at radius 1 is 1.43 bits per heavy atom. The van der Waals surface area contributed by atoms with Crippen LogP contribution in [0, 0.1) is 6.92 Å². The minimum Gasteiger partial charge on any atom is -0.481 e. The number of hydrogen-bond donors (Lipinski definition) is 3. The Kier molecular flexibility index (Phi) is 5.44. The van der Waals surface area contributed by atoms with Gasteiger partial charge >= 0.3 is 11.9 Å². The molecule has 0 saturated carbocycles. The molecular formula is C11H17N3O6S. The van der Waals surface area contributed by atoms with E-state index in [1.165, 1.54) is 10.8 Å². The monoisotopic (exact) mass is 319 g/mol. The number of nitrogens with zero attached hydrogens (tertiary/aromatic N) is 2. The summed E-state index contributed by atoms with van der Waals surface area (Å²) in [6.07, 6.45) is 0.977. The lowest BCUT2D eigenvalue weighted by Gasteiger charge is -2.13. The molecular weight excluding hydrogens is 302 g/mol. The van der Waals surface area contributed by atoms with Crippen molar-refractivity contribution in [3.05, 3.63) is 12.0 Å². The molecule has 0 unspecified atom stereocenters. The quantitative estimate of drug-likeness (QED) is 0.598. The van der Waals surface area contributed by atoms with Gasteiger partial charge in [0.2, 0.25) is 0 Å². The van der Waals surface area contributed by atoms with Crippen molar-refractivity contribution in [3.8, 4) is 0 Å². The predicted octanol–water partition coefficient (Wildman–Crippen LogP) is -0.285. The number of aliphatic carboxylic acids is 2. The molecule has 3 N–H and O–H groups in total. The van der Waals surface area contributed by atoms with E-state index in [-0.39, 0.29) is 24.3 Å². The van der Waals surface area contributed by atoms with Crippen LogP contribution in [0.25, 0.3) is 0 Å². The third-order valence-corrected chi connectivity index (χ3v) is 4.18. The molecule has 1 rings (SSSR count). The minimum absolute atomic E-state index is 0.0517. The second kappa shape index (κ2) is 6.68. The molecule has 0 amide bonds. The van der Waals surface area contributed by atoms with Crippen molar-refractivity contribution in [1.29, 1.82) is 0 Å². The number of aromatic nitrogens is 2. The van der Waals surface area contributed by atoms with Gasteiger partial charge in [-0.25, -0.2) is 13.4 Å². The second-order valence-electron chi connectivity index (χ2n) is 4.54. The molecule has 0 saturated heterocycles. The first-order valence-electron chi connectivity index (χ1n) is 6.10. The third kappa shape index (κ3) is 4.83. The molecule has 1 heterocycles. The maximum atomic E-state index is 12.0. The van der Waals surface area contributed by atoms with Crippen LogP contribution in [0.15, 0.2) is 11.2 Å². The lowest BCUT2D eigenvalue weighted by Crippen LogP contribution is -2.40. The van der Waals surface area contributed by atoms with Gasteiger partial charge in [-0.15, -0.1) is 0 Å². The van der Waals surface area contributed by atoms with Crippen LogP contribution in [0.2, 0.25) is 0 Å². The summed E-state index contributed by atoms with van der Waals surface area (Å²) in [7, 11) is -2.45. The third-order valence-electron chi connectivity index (χ3n) is 2.84. The highest BCUT2D eigenvalue weighted by Crippen LogP contribution is 2.10. The molecule has 0 bridgehead atoms. The van der Waals surface area contributed by atoms with Crippen LogP contribution in [0.5, 0.6) is 0 Å². The molecule has 21 heavy (non-hydrogen) atoms. The summed E-state index contributed by atoms with van der Waals surface area (Å²) in [6.45, 7) is 1.61. The smallest absolute Gasteiger partial charge is 0.321 e. The highest BCUT2D eigenvalue weighted by molar-refractivity contribution is 7.89. The fourth-order valence-corrected chi connectivity index (χ4v) is 2.86. The van der Waals surface area contributed by atoms with Gasteiger partial charge in [-0.3, -0.25) is 9.59 Å². The Bertz CT molecular complexity index is 617. The maximum absolute atomic E-state index is 12.0. The molecule has 0 aliphatic heterocycles. The molecule has 0 fully saturated rings. The topological polar surface area (TPSA) is 139 Å². The molecule has 0 aromatic carbocycles. The van der Waals surface area contributed by atoms with Crippen molar-refractivity contribution < 1.29 is 28.2 Å². The molecule has 0 aliphatic rings. The molecule has 0 aliphatic carbocycles. The number of rotatable bonds is 8. The van der Waals surface area contributed by atoms with E-state index in [0.717, 1.165) is 0 Å². The first-order valence-corrected chi connectivity index (χ1v) is 7.58. The first kappa shape index (κ1) is 17.1. The van der Waals surface area contributed by atoms with E-state index in [2.05, 4.69) is 4.98 Å². The highest BCUT2D eigenvalue weighted by Gasteiger charge is 2.27. The van der Waals surface area contributed by atoms with Gasteiger partial charge in [0, 0.05) is 19.7 Å². The van der Waals surface area contributed by atoms with E-state index in [4.69, 9.17) is 10.2 Å². The lowest BCUT2D eigenvalue weighted by molar-refractivity contribution is -0.140. The standard InChI is InChI=1S/C11H17N3O6S/c1-7-12-9(6-14(7)2)21(19,20)13-8(11(17)18)4-3-5-10(15)16/h6,8,13H,3-5H2,1-2H3,(H,15,16)(H,17,18)/t8-/m1/s1. The highest BCUT2D eigenvalue weighted by atomic mass is 32.2. The van der Waals surface area contributed by atoms with E-state index in [1.54, 1.807) is 14.0 Å². The number of nitrogens with one attached hydrogen (secondary N) is 1. The van der Waals surface area contributed by atoms with Crippen LogP contribution < -0.4 is 4.72 Å². The molecule has 1 aromatic heterocycles. The summed E-state index contributed by atoms with van der Waals surface area (Å²) >= 11 is 0. The summed E-state index contributed by atoms with van der Waals surface area (Å²) in [5.74, 6) is -1.97. The van der Waals surface area contributed by atoms with Gasteiger partial charge in [-0.2, -0.15) is 4.72 Å². The number of carbonyl (C=O) groups is 2. The number of carboxylic acids is 2. The minimum atomic E-state index is -4.07. The maximum Gasteiger partial charge on any atom is 0.321 e. The fraction of sp³-hybridized carbons (Fsp3) is 0.545. The average Bonchev–Trinajstić information content (AvgIpc) is 2.68. The molecule has 0 radical (unpaired) electrons. The lowest BCUT2D eigenvalue weighted by atomic mass is 10.1. The summed E-state index contributed by atoms with van der Waals surface area (Å²) < 4.78 is 27.6. The van der Waals surface area contributed by atoms with Gasteiger partial charge in [-0.05, 0) is 19.8 Å². The van der Waals surface area contributed by atoms with Crippen LogP contribution in [0.3, 0.4) is 0 Å². The summed E-state index contributed by atoms with van der Waals surface area (Å²) in [5.41, 5.74) is 0. The fourth-order valence-electron chi connectivity index (χ4n) is 1.59. The summed E-state index contributed by atoms with van der Waals surface area (Å²) in [5, 5.41) is 17.2. The molecule has 1 aromatic rings. The Hall–Kier alpha value is -1.94. The normalized spacial score (nSPS) is 13.0. The Morgan fingerprint density at radius 3 is 2.48 bits per heavy atom. The van der Waals surface area contributed by atoms with Gasteiger partial charge in [0.05, 0.1) is 0 Å². The SMILES string of the molecule is Cc1nc(S(=O)(=O)N[C@H](CCCC(=O)O)C(=O)O)cn1C. The predicted molar refractivity (Wildman–Crippen MR) is 71.2 cm³/mol. The van der Waals surface area contributed by atoms with Gasteiger partial charge in [0.1, 0.15) is 11.9 Å². The molecule has 10 heteroatoms. The number of sulfonamides is 1. The average molecular weight is 319 g/mol. The summed E-state index contributed by atoms with van der Waals surface area (Å²) in [4.78, 5) is 25.3. The van der Waals surface area contributed by atoms with E-state index in [9.17, 15) is 18.0 Å². The Labute approximate surface area is 121 Å². The summed E-state index contributed by atoms with van der Waals surface area (Å²) in [6, 6.07) is -1.39. The number of hydrogen-bond acceptors (Lipinski definition) is 5. The van der Waals surface area contributed by atoms with Gasteiger partial charge in [0.15, 0.2) is 5.03 Å². The Balaban J connectivity index is 2.82. The Morgan fingerprint density at radius 2 is 2.05 bits per heavy atom. The number of aryl methyl sites for hydroxylation is 2. The second-order valence-corrected chi connectivity index (χ2v) is 6.20. The molecule has 0 spiro atoms. The van der Waals surface area contributed by atoms with Gasteiger partial charge in [0.25, 0.3) is 10.0 Å². The van der Waals surface area contributed by atoms with E-state index in [0.29, 0.717) is 5.82 Å². The first-order chi connectivity index (χ1) is 9.63.